The van der Waals surface area contributed by atoms with E-state index in [-0.39, 0.29) is 0 Å². The maximum Gasteiger partial charge on any atom is 0.108 e. The van der Waals surface area contributed by atoms with Gasteiger partial charge < -0.3 is 0 Å². The van der Waals surface area contributed by atoms with Crippen molar-refractivity contribution in [2.75, 3.05) is 0 Å². The highest BCUT2D eigenvalue weighted by atomic mass is 14.6. The molecule has 0 aliphatic heterocycles. The molecule has 2 heteroatoms. The van der Waals surface area contributed by atoms with Crippen molar-refractivity contribution in [1.29, 1.82) is 5.26 Å². The molecule has 0 saturated heterocycles. The van der Waals surface area contributed by atoms with Crippen LogP contribution in [-0.4, -0.2) is 4.98 Å². The van der Waals surface area contributed by atoms with Crippen LogP contribution in [0.4, 0.5) is 0 Å². The van der Waals surface area contributed by atoms with Crippen LogP contribution in [0.5, 0.6) is 0 Å². The molecule has 1 aromatic heterocycles. The standard InChI is InChI=1S/C8H7N2/c1-6-4-10-5-8(3-9)7(6)2/h4H,1-2H3. The molecule has 10 heavy (non-hydrogen) atoms. The average Bonchev–Trinajstić information content (AvgIpc) is 1.95. The third-order valence-electron chi connectivity index (χ3n) is 1.51. The molecule has 1 aromatic rings. The molecule has 0 aromatic carbocycles. The van der Waals surface area contributed by atoms with Gasteiger partial charge in [0.05, 0.1) is 5.56 Å². The van der Waals surface area contributed by atoms with Gasteiger partial charge in [-0.05, 0) is 25.0 Å². The highest BCUT2D eigenvalue weighted by Crippen LogP contribution is 2.07. The smallest absolute Gasteiger partial charge is 0.108 e. The van der Waals surface area contributed by atoms with E-state index in [0.29, 0.717) is 5.56 Å². The van der Waals surface area contributed by atoms with Gasteiger partial charge in [-0.25, -0.2) is 0 Å². The molecule has 0 unspecified atom stereocenters. The summed E-state index contributed by atoms with van der Waals surface area (Å²) in [5.74, 6) is 0. The predicted octanol–water partition coefficient (Wildman–Crippen LogP) is 1.37. The van der Waals surface area contributed by atoms with E-state index in [2.05, 4.69) is 11.2 Å². The first-order chi connectivity index (χ1) is 4.75. The fourth-order valence-electron chi connectivity index (χ4n) is 0.680. The Morgan fingerprint density at radius 2 is 2.30 bits per heavy atom. The topological polar surface area (TPSA) is 36.7 Å². The van der Waals surface area contributed by atoms with Crippen molar-refractivity contribution in [1.82, 2.24) is 4.98 Å². The third kappa shape index (κ3) is 0.985. The lowest BCUT2D eigenvalue weighted by Crippen LogP contribution is -1.88. The van der Waals surface area contributed by atoms with Gasteiger partial charge in [-0.1, -0.05) is 0 Å². The molecular formula is C8H7N2. The number of aryl methyl sites for hydroxylation is 1. The zero-order valence-electron chi connectivity index (χ0n) is 5.97. The Bertz CT molecular complexity index is 284. The number of nitriles is 1. The van der Waals surface area contributed by atoms with Crippen molar-refractivity contribution in [3.05, 3.63) is 29.1 Å². The zero-order valence-corrected chi connectivity index (χ0v) is 5.97. The van der Waals surface area contributed by atoms with Crippen LogP contribution >= 0.6 is 0 Å². The van der Waals surface area contributed by atoms with Gasteiger partial charge in [0, 0.05) is 6.20 Å². The second-order valence-corrected chi connectivity index (χ2v) is 2.16. The number of rotatable bonds is 0. The van der Waals surface area contributed by atoms with E-state index in [1.54, 1.807) is 6.20 Å². The second-order valence-electron chi connectivity index (χ2n) is 2.16. The monoisotopic (exact) mass is 131 g/mol. The molecule has 0 amide bonds. The molecule has 0 bridgehead atoms. The molecule has 0 aliphatic carbocycles. The number of hydrogen-bond donors (Lipinski definition) is 0. The third-order valence-corrected chi connectivity index (χ3v) is 1.51. The second kappa shape index (κ2) is 2.49. The van der Waals surface area contributed by atoms with Crippen molar-refractivity contribution in [3.63, 3.8) is 0 Å². The fourth-order valence-corrected chi connectivity index (χ4v) is 0.680. The average molecular weight is 131 g/mol. The minimum Gasteiger partial charge on any atom is -0.253 e. The summed E-state index contributed by atoms with van der Waals surface area (Å²) in [5.41, 5.74) is 2.55. The molecule has 49 valence electrons. The summed E-state index contributed by atoms with van der Waals surface area (Å²) in [6.07, 6.45) is 4.32. The Morgan fingerprint density at radius 1 is 1.60 bits per heavy atom. The fraction of sp³-hybridized carbons (Fsp3) is 0.250. The van der Waals surface area contributed by atoms with Crippen LogP contribution in [-0.2, 0) is 0 Å². The zero-order chi connectivity index (χ0) is 7.56. The summed E-state index contributed by atoms with van der Waals surface area (Å²) >= 11 is 0. The van der Waals surface area contributed by atoms with Crippen molar-refractivity contribution in [2.24, 2.45) is 0 Å². The Morgan fingerprint density at radius 3 is 2.80 bits per heavy atom. The summed E-state index contributed by atoms with van der Waals surface area (Å²) in [7, 11) is 0. The van der Waals surface area contributed by atoms with E-state index in [0.717, 1.165) is 11.1 Å². The lowest BCUT2D eigenvalue weighted by molar-refractivity contribution is 1.18. The van der Waals surface area contributed by atoms with E-state index in [4.69, 9.17) is 5.26 Å². The van der Waals surface area contributed by atoms with Crippen LogP contribution in [0.1, 0.15) is 16.7 Å². The molecule has 0 fully saturated rings. The van der Waals surface area contributed by atoms with E-state index >= 15 is 0 Å². The minimum absolute atomic E-state index is 0.542. The van der Waals surface area contributed by atoms with Gasteiger partial charge in [0.15, 0.2) is 0 Å². The maximum atomic E-state index is 8.52. The van der Waals surface area contributed by atoms with Crippen molar-refractivity contribution in [3.8, 4) is 6.07 Å². The molecule has 1 heterocycles. The Balaban J connectivity index is 3.31. The van der Waals surface area contributed by atoms with Gasteiger partial charge in [0.25, 0.3) is 0 Å². The van der Waals surface area contributed by atoms with Gasteiger partial charge in [-0.3, -0.25) is 4.98 Å². The molecular weight excluding hydrogens is 124 g/mol. The van der Waals surface area contributed by atoms with Gasteiger partial charge in [0.2, 0.25) is 0 Å². The van der Waals surface area contributed by atoms with Crippen LogP contribution in [0.25, 0.3) is 0 Å². The Labute approximate surface area is 60.1 Å². The number of hydrogen-bond acceptors (Lipinski definition) is 2. The summed E-state index contributed by atoms with van der Waals surface area (Å²) in [5, 5.41) is 8.52. The number of pyridine rings is 1. The number of aromatic nitrogens is 1. The van der Waals surface area contributed by atoms with E-state index in [1.807, 2.05) is 19.9 Å². The molecule has 1 radical (unpaired) electrons. The van der Waals surface area contributed by atoms with Crippen molar-refractivity contribution >= 4 is 0 Å². The summed E-state index contributed by atoms with van der Waals surface area (Å²) in [4.78, 5) is 3.77. The van der Waals surface area contributed by atoms with E-state index < -0.39 is 0 Å². The van der Waals surface area contributed by atoms with Crippen LogP contribution in [0, 0.1) is 31.4 Å². The summed E-state index contributed by atoms with van der Waals surface area (Å²) in [6.45, 7) is 3.82. The van der Waals surface area contributed by atoms with Crippen molar-refractivity contribution < 1.29 is 0 Å². The first kappa shape index (κ1) is 6.76. The lowest BCUT2D eigenvalue weighted by Gasteiger charge is -1.97. The minimum atomic E-state index is 0.542. The highest BCUT2D eigenvalue weighted by Gasteiger charge is 1.98. The number of nitrogens with zero attached hydrogens (tertiary/aromatic N) is 2. The molecule has 0 saturated carbocycles. The molecule has 0 atom stereocenters. The van der Waals surface area contributed by atoms with Gasteiger partial charge in [-0.15, -0.1) is 0 Å². The van der Waals surface area contributed by atoms with Crippen molar-refractivity contribution in [2.45, 2.75) is 13.8 Å². The first-order valence-corrected chi connectivity index (χ1v) is 2.99. The quantitative estimate of drug-likeness (QED) is 0.533. The largest absolute Gasteiger partial charge is 0.253 e. The normalized spacial score (nSPS) is 8.90. The maximum absolute atomic E-state index is 8.52. The van der Waals surface area contributed by atoms with Crippen LogP contribution in [0.2, 0.25) is 0 Å². The van der Waals surface area contributed by atoms with Crippen LogP contribution in [0.3, 0.4) is 0 Å². The van der Waals surface area contributed by atoms with Gasteiger partial charge in [0.1, 0.15) is 12.3 Å². The lowest BCUT2D eigenvalue weighted by atomic mass is 10.1. The molecule has 0 spiro atoms. The predicted molar refractivity (Wildman–Crippen MR) is 37.3 cm³/mol. The van der Waals surface area contributed by atoms with E-state index in [9.17, 15) is 0 Å². The Kier molecular flexibility index (Phi) is 1.68. The van der Waals surface area contributed by atoms with Gasteiger partial charge in [-0.2, -0.15) is 5.26 Å². The first-order valence-electron chi connectivity index (χ1n) is 2.99. The van der Waals surface area contributed by atoms with Crippen LogP contribution < -0.4 is 0 Å². The summed E-state index contributed by atoms with van der Waals surface area (Å²) < 4.78 is 0. The van der Waals surface area contributed by atoms with Crippen LogP contribution in [0.15, 0.2) is 6.20 Å². The highest BCUT2D eigenvalue weighted by molar-refractivity contribution is 5.37. The summed E-state index contributed by atoms with van der Waals surface area (Å²) in [6, 6.07) is 2.02. The van der Waals surface area contributed by atoms with E-state index in [1.165, 1.54) is 0 Å². The van der Waals surface area contributed by atoms with Gasteiger partial charge >= 0.3 is 0 Å². The SMILES string of the molecule is Cc1cn[c]c(C#N)c1C. The molecule has 2 nitrogen and oxygen atoms in total. The molecule has 1 rings (SSSR count). The Hall–Kier alpha value is -1.36. The molecule has 0 N–H and O–H groups in total. The molecule has 0 aliphatic rings.